The Balaban J connectivity index is 0.000000420. The molecule has 4 aromatic rings. The predicted molar refractivity (Wildman–Crippen MR) is 194 cm³/mol. The normalized spacial score (nSPS) is 14.2. The Morgan fingerprint density at radius 2 is 1.10 bits per heavy atom. The molecule has 2 saturated heterocycles. The van der Waals surface area contributed by atoms with Crippen LogP contribution in [0.5, 0.6) is 11.5 Å². The molecule has 0 bridgehead atoms. The SMILES string of the molecule is Cc1ccc2sc(-c3ccc(OCCN4CCCC4)cc3)c(Cc3ccc(OCCN4CCCC4)cc3)c2c1.O=C(O)C(=O)O.O=C(O)C(=O)O. The first-order valence-corrected chi connectivity index (χ1v) is 17.7. The highest BCUT2D eigenvalue weighted by Gasteiger charge is 2.16. The van der Waals surface area contributed by atoms with Gasteiger partial charge in [-0.1, -0.05) is 29.8 Å². The van der Waals surface area contributed by atoms with Gasteiger partial charge in [-0.05, 0) is 130 Å². The molecular formula is C38H44N2O10S. The first-order chi connectivity index (χ1) is 24.5. The van der Waals surface area contributed by atoms with Crippen LogP contribution < -0.4 is 9.47 Å². The van der Waals surface area contributed by atoms with Gasteiger partial charge in [-0.2, -0.15) is 0 Å². The lowest BCUT2D eigenvalue weighted by Crippen LogP contribution is -2.25. The van der Waals surface area contributed by atoms with Crippen molar-refractivity contribution >= 4 is 45.3 Å². The summed E-state index contributed by atoms with van der Waals surface area (Å²) in [6.45, 7) is 10.6. The molecule has 0 unspecified atom stereocenters. The van der Waals surface area contributed by atoms with E-state index < -0.39 is 23.9 Å². The summed E-state index contributed by atoms with van der Waals surface area (Å²) in [5, 5.41) is 30.9. The minimum Gasteiger partial charge on any atom is -0.492 e. The highest BCUT2D eigenvalue weighted by Crippen LogP contribution is 2.41. The fraction of sp³-hybridized carbons (Fsp3) is 0.368. The monoisotopic (exact) mass is 720 g/mol. The fourth-order valence-electron chi connectivity index (χ4n) is 5.88. The molecule has 3 aromatic carbocycles. The van der Waals surface area contributed by atoms with Crippen LogP contribution in [0, 0.1) is 6.92 Å². The van der Waals surface area contributed by atoms with Crippen LogP contribution >= 0.6 is 11.3 Å². The minimum absolute atomic E-state index is 0.755. The summed E-state index contributed by atoms with van der Waals surface area (Å²) in [7, 11) is 0. The van der Waals surface area contributed by atoms with E-state index in [4.69, 9.17) is 49.1 Å². The van der Waals surface area contributed by atoms with Gasteiger partial charge in [0, 0.05) is 22.7 Å². The van der Waals surface area contributed by atoms with Gasteiger partial charge < -0.3 is 29.9 Å². The maximum atomic E-state index is 9.10. The Morgan fingerprint density at radius 1 is 0.647 bits per heavy atom. The van der Waals surface area contributed by atoms with E-state index in [1.54, 1.807) is 0 Å². The summed E-state index contributed by atoms with van der Waals surface area (Å²) >= 11 is 1.89. The number of carboxylic acids is 4. The van der Waals surface area contributed by atoms with E-state index in [9.17, 15) is 0 Å². The molecule has 6 rings (SSSR count). The van der Waals surface area contributed by atoms with Gasteiger partial charge in [-0.15, -0.1) is 11.3 Å². The van der Waals surface area contributed by atoms with Crippen molar-refractivity contribution in [3.63, 3.8) is 0 Å². The molecule has 0 saturated carbocycles. The molecular weight excluding hydrogens is 676 g/mol. The van der Waals surface area contributed by atoms with Crippen molar-refractivity contribution in [1.29, 1.82) is 0 Å². The van der Waals surface area contributed by atoms with Gasteiger partial charge in [-0.25, -0.2) is 19.2 Å². The molecule has 272 valence electrons. The molecule has 0 amide bonds. The number of carbonyl (C=O) groups is 4. The van der Waals surface area contributed by atoms with Crippen LogP contribution in [0.1, 0.15) is 42.4 Å². The van der Waals surface area contributed by atoms with Crippen molar-refractivity contribution in [2.75, 3.05) is 52.5 Å². The molecule has 13 heteroatoms. The van der Waals surface area contributed by atoms with Crippen molar-refractivity contribution < 1.29 is 49.1 Å². The maximum Gasteiger partial charge on any atom is 0.414 e. The van der Waals surface area contributed by atoms with Crippen molar-refractivity contribution in [1.82, 2.24) is 9.80 Å². The Hall–Kier alpha value is -4.98. The average molecular weight is 721 g/mol. The molecule has 2 fully saturated rings. The number of aliphatic carboxylic acids is 4. The van der Waals surface area contributed by atoms with Gasteiger partial charge in [0.15, 0.2) is 0 Å². The van der Waals surface area contributed by atoms with Crippen LogP contribution in [-0.2, 0) is 25.6 Å². The van der Waals surface area contributed by atoms with Crippen LogP contribution in [0.2, 0.25) is 0 Å². The summed E-state index contributed by atoms with van der Waals surface area (Å²) in [6, 6.07) is 24.3. The zero-order valence-corrected chi connectivity index (χ0v) is 29.4. The van der Waals surface area contributed by atoms with Crippen molar-refractivity contribution in [2.24, 2.45) is 0 Å². The number of fused-ring (bicyclic) bond motifs is 1. The zero-order chi connectivity index (χ0) is 36.8. The summed E-state index contributed by atoms with van der Waals surface area (Å²) in [6.07, 6.45) is 6.19. The molecule has 3 heterocycles. The van der Waals surface area contributed by atoms with Crippen molar-refractivity contribution in [2.45, 2.75) is 39.0 Å². The van der Waals surface area contributed by atoms with E-state index in [0.29, 0.717) is 0 Å². The average Bonchev–Trinajstić information content (AvgIpc) is 3.89. The maximum absolute atomic E-state index is 9.10. The quantitative estimate of drug-likeness (QED) is 0.139. The lowest BCUT2D eigenvalue weighted by Gasteiger charge is -2.15. The molecule has 51 heavy (non-hydrogen) atoms. The van der Waals surface area contributed by atoms with Crippen LogP contribution in [0.15, 0.2) is 66.7 Å². The molecule has 1 aromatic heterocycles. The first kappa shape index (κ1) is 38.8. The Kier molecular flexibility index (Phi) is 14.8. The Morgan fingerprint density at radius 3 is 1.55 bits per heavy atom. The summed E-state index contributed by atoms with van der Waals surface area (Å²) in [5.41, 5.74) is 5.28. The number of benzene rings is 3. The van der Waals surface area contributed by atoms with E-state index in [2.05, 4.69) is 83.5 Å². The Labute approximate surface area is 300 Å². The molecule has 0 spiro atoms. The van der Waals surface area contributed by atoms with Crippen LogP contribution in [0.4, 0.5) is 0 Å². The third-order valence-corrected chi connectivity index (χ3v) is 9.74. The molecule has 0 radical (unpaired) electrons. The summed E-state index contributed by atoms with van der Waals surface area (Å²) < 4.78 is 13.5. The lowest BCUT2D eigenvalue weighted by atomic mass is 9.98. The van der Waals surface area contributed by atoms with Crippen LogP contribution in [-0.4, -0.2) is 107 Å². The van der Waals surface area contributed by atoms with Crippen molar-refractivity contribution in [3.05, 3.63) is 83.4 Å². The first-order valence-electron chi connectivity index (χ1n) is 16.8. The van der Waals surface area contributed by atoms with Crippen LogP contribution in [0.3, 0.4) is 0 Å². The summed E-state index contributed by atoms with van der Waals surface area (Å²) in [5.74, 6) is -5.38. The van der Waals surface area contributed by atoms with E-state index >= 15 is 0 Å². The molecule has 12 nitrogen and oxygen atoms in total. The van der Waals surface area contributed by atoms with Gasteiger partial charge in [-0.3, -0.25) is 9.80 Å². The molecule has 2 aliphatic rings. The number of carboxylic acid groups (broad SMARTS) is 4. The fourth-order valence-corrected chi connectivity index (χ4v) is 7.09. The van der Waals surface area contributed by atoms with Crippen molar-refractivity contribution in [3.8, 4) is 21.9 Å². The number of hydrogen-bond donors (Lipinski definition) is 4. The standard InChI is InChI=1S/C34H40N2O2S.2C2H2O4/c1-26-6-15-33-31(24-26)32(25-27-7-11-29(12-8-27)37-22-20-35-16-2-3-17-35)34(39-33)28-9-13-30(14-10-28)38-23-21-36-18-4-5-19-36;2*3-1(4)2(5)6/h6-15,24H,2-5,16-23,25H2,1H3;2*(H,3,4)(H,5,6). The van der Waals surface area contributed by atoms with Gasteiger partial charge in [0.05, 0.1) is 0 Å². The number of rotatable bonds is 11. The number of ether oxygens (including phenoxy) is 2. The van der Waals surface area contributed by atoms with E-state index in [1.807, 2.05) is 11.3 Å². The third kappa shape index (κ3) is 12.4. The molecule has 0 atom stereocenters. The lowest BCUT2D eigenvalue weighted by molar-refractivity contribution is -0.159. The largest absolute Gasteiger partial charge is 0.492 e. The van der Waals surface area contributed by atoms with Gasteiger partial charge in [0.2, 0.25) is 0 Å². The molecule has 2 aliphatic heterocycles. The molecule has 0 aliphatic carbocycles. The minimum atomic E-state index is -1.82. The van der Waals surface area contributed by atoms with E-state index in [1.165, 1.54) is 89.1 Å². The second-order valence-corrected chi connectivity index (χ2v) is 13.3. The van der Waals surface area contributed by atoms with Crippen LogP contribution in [0.25, 0.3) is 20.5 Å². The van der Waals surface area contributed by atoms with Gasteiger partial charge in [0.25, 0.3) is 0 Å². The number of aryl methyl sites for hydroxylation is 1. The van der Waals surface area contributed by atoms with Gasteiger partial charge >= 0.3 is 23.9 Å². The second-order valence-electron chi connectivity index (χ2n) is 12.3. The van der Waals surface area contributed by atoms with E-state index in [-0.39, 0.29) is 0 Å². The topological polar surface area (TPSA) is 174 Å². The summed E-state index contributed by atoms with van der Waals surface area (Å²) in [4.78, 5) is 42.7. The zero-order valence-electron chi connectivity index (χ0n) is 28.6. The molecule has 4 N–H and O–H groups in total. The highest BCUT2D eigenvalue weighted by molar-refractivity contribution is 7.22. The number of nitrogens with zero attached hydrogens (tertiary/aromatic N) is 2. The third-order valence-electron chi connectivity index (χ3n) is 8.48. The second kappa shape index (κ2) is 19.4. The number of hydrogen-bond acceptors (Lipinski definition) is 9. The van der Waals surface area contributed by atoms with Gasteiger partial charge in [0.1, 0.15) is 24.7 Å². The highest BCUT2D eigenvalue weighted by atomic mass is 32.1. The number of thiophene rings is 1. The van der Waals surface area contributed by atoms with E-state index in [0.717, 1.165) is 44.2 Å². The predicted octanol–water partition coefficient (Wildman–Crippen LogP) is 5.73. The Bertz CT molecular complexity index is 1710. The number of likely N-dealkylation sites (tertiary alicyclic amines) is 2. The smallest absolute Gasteiger partial charge is 0.414 e.